The van der Waals surface area contributed by atoms with Gasteiger partial charge in [0.05, 0.1) is 39.1 Å². The van der Waals surface area contributed by atoms with Gasteiger partial charge in [-0.15, -0.1) is 0 Å². The lowest BCUT2D eigenvalue weighted by Gasteiger charge is -2.42. The Balaban J connectivity index is 1.19. The third-order valence-electron chi connectivity index (χ3n) is 13.5. The Morgan fingerprint density at radius 1 is 0.586 bits per heavy atom. The van der Waals surface area contributed by atoms with E-state index in [0.717, 1.165) is 18.7 Å². The van der Waals surface area contributed by atoms with Crippen molar-refractivity contribution >= 4 is 49.9 Å². The number of nitrogens with zero attached hydrogens (tertiary/aromatic N) is 4. The molecule has 4 heterocycles. The van der Waals surface area contributed by atoms with Crippen molar-refractivity contribution in [1.82, 2.24) is 14.1 Å². The minimum atomic E-state index is 0.0544. The van der Waals surface area contributed by atoms with E-state index in [2.05, 4.69) is 182 Å². The lowest BCUT2D eigenvalue weighted by molar-refractivity contribution is 0.590. The molecule has 0 saturated heterocycles. The summed E-state index contributed by atoms with van der Waals surface area (Å²) in [5, 5.41) is 2.55. The largest absolute Gasteiger partial charge is 0.310 e. The summed E-state index contributed by atoms with van der Waals surface area (Å²) in [5.74, 6) is 1.12. The minimum Gasteiger partial charge on any atom is -0.310 e. The summed E-state index contributed by atoms with van der Waals surface area (Å²) in [6.07, 6.45) is 4.64. The number of imidazole rings is 1. The van der Waals surface area contributed by atoms with Crippen LogP contribution in [0, 0.1) is 13.8 Å². The van der Waals surface area contributed by atoms with Crippen LogP contribution in [0.15, 0.2) is 133 Å². The third kappa shape index (κ3) is 4.60. The van der Waals surface area contributed by atoms with Crippen LogP contribution in [0.2, 0.25) is 0 Å². The molecule has 0 radical (unpaired) electrons. The molecule has 9 aromatic rings. The first kappa shape index (κ1) is 33.7. The van der Waals surface area contributed by atoms with Crippen molar-refractivity contribution < 1.29 is 0 Å². The van der Waals surface area contributed by atoms with Gasteiger partial charge in [0, 0.05) is 39.2 Å². The number of aromatic nitrogens is 3. The van der Waals surface area contributed by atoms with Gasteiger partial charge in [-0.2, -0.15) is 0 Å². The van der Waals surface area contributed by atoms with Crippen molar-refractivity contribution in [1.29, 1.82) is 0 Å². The highest BCUT2D eigenvalue weighted by Crippen LogP contribution is 2.58. The van der Waals surface area contributed by atoms with Crippen molar-refractivity contribution in [2.75, 3.05) is 4.90 Å². The first-order valence-corrected chi connectivity index (χ1v) is 21.1. The normalized spacial score (nSPS) is 15.5. The highest BCUT2D eigenvalue weighted by atomic mass is 15.2. The summed E-state index contributed by atoms with van der Waals surface area (Å²) in [5.41, 5.74) is 23.1. The molecule has 7 aromatic carbocycles. The summed E-state index contributed by atoms with van der Waals surface area (Å²) in [6.45, 7) is 11.4. The average Bonchev–Trinajstić information content (AvgIpc) is 3.79. The van der Waals surface area contributed by atoms with E-state index >= 15 is 0 Å². The zero-order valence-corrected chi connectivity index (χ0v) is 33.9. The van der Waals surface area contributed by atoms with Gasteiger partial charge in [0.15, 0.2) is 0 Å². The maximum Gasteiger partial charge on any atom is 0.146 e. The molecule has 0 saturated carbocycles. The van der Waals surface area contributed by atoms with Crippen LogP contribution < -0.4 is 4.90 Å². The Kier molecular flexibility index (Phi) is 7.01. The van der Waals surface area contributed by atoms with E-state index in [1.807, 2.05) is 0 Å². The van der Waals surface area contributed by atoms with Crippen LogP contribution >= 0.6 is 0 Å². The molecule has 0 fully saturated rings. The van der Waals surface area contributed by atoms with E-state index in [1.165, 1.54) is 124 Å². The molecule has 2 aromatic heterocycles. The summed E-state index contributed by atoms with van der Waals surface area (Å²) >= 11 is 0. The van der Waals surface area contributed by atoms with Crippen molar-refractivity contribution in [2.24, 2.45) is 0 Å². The predicted octanol–water partition coefficient (Wildman–Crippen LogP) is 13.9. The first-order valence-electron chi connectivity index (χ1n) is 21.1. The van der Waals surface area contributed by atoms with Gasteiger partial charge >= 0.3 is 0 Å². The molecule has 4 nitrogen and oxygen atoms in total. The van der Waals surface area contributed by atoms with Gasteiger partial charge in [0.2, 0.25) is 0 Å². The van der Waals surface area contributed by atoms with E-state index in [0.29, 0.717) is 0 Å². The van der Waals surface area contributed by atoms with Crippen LogP contribution in [0.3, 0.4) is 0 Å². The van der Waals surface area contributed by atoms with E-state index < -0.39 is 0 Å². The molecule has 0 N–H and O–H groups in total. The van der Waals surface area contributed by atoms with Crippen LogP contribution in [0.25, 0.3) is 55.6 Å². The van der Waals surface area contributed by atoms with Gasteiger partial charge in [-0.3, -0.25) is 4.57 Å². The quantitative estimate of drug-likeness (QED) is 0.180. The Labute approximate surface area is 340 Å². The van der Waals surface area contributed by atoms with E-state index in [1.54, 1.807) is 0 Å². The molecule has 1 unspecified atom stereocenters. The lowest BCUT2D eigenvalue weighted by Crippen LogP contribution is -2.27. The number of rotatable bonds is 3. The average molecular weight is 751 g/mol. The molecule has 1 atom stereocenters. The zero-order valence-electron chi connectivity index (χ0n) is 33.9. The van der Waals surface area contributed by atoms with Crippen molar-refractivity contribution in [2.45, 2.75) is 71.6 Å². The summed E-state index contributed by atoms with van der Waals surface area (Å²) in [4.78, 5) is 8.27. The Bertz CT molecular complexity index is 3110. The van der Waals surface area contributed by atoms with Gasteiger partial charge in [0.1, 0.15) is 5.82 Å². The van der Waals surface area contributed by atoms with Gasteiger partial charge in [-0.25, -0.2) is 4.98 Å². The summed E-state index contributed by atoms with van der Waals surface area (Å²) in [6, 6.07) is 50.5. The van der Waals surface area contributed by atoms with E-state index in [4.69, 9.17) is 4.98 Å². The Morgan fingerprint density at radius 3 is 1.97 bits per heavy atom. The number of anilines is 3. The van der Waals surface area contributed by atoms with Gasteiger partial charge in [-0.1, -0.05) is 106 Å². The highest BCUT2D eigenvalue weighted by Gasteiger charge is 2.41. The molecule has 3 aliphatic rings. The predicted molar refractivity (Wildman–Crippen MR) is 241 cm³/mol. The highest BCUT2D eigenvalue weighted by molar-refractivity contribution is 6.09. The molecule has 0 bridgehead atoms. The van der Waals surface area contributed by atoms with E-state index in [-0.39, 0.29) is 11.3 Å². The molecule has 1 aliphatic carbocycles. The monoisotopic (exact) mass is 750 g/mol. The lowest BCUT2D eigenvalue weighted by atomic mass is 9.75. The number of para-hydroxylation sites is 2. The molecule has 2 aliphatic heterocycles. The zero-order chi connectivity index (χ0) is 39.0. The van der Waals surface area contributed by atoms with Crippen LogP contribution in [-0.4, -0.2) is 14.1 Å². The standard InChI is InChI=1S/C54H46N4/c1-32-14-12-15-33(2)48(32)53-55-51-38-17-7-6-16-34(38)30-42-49-41-29-28-37(57-43-20-10-8-18-39(43)40-19-9-11-21-44(40)57)31-47(41)56(36-26-24-35(25-27-36)54(3,4)5)45-22-13-23-46(50(45)49)58(53)52(42)51/h8-15,18-31,49H,6-7,16-17H2,1-5H3. The molecule has 58 heavy (non-hydrogen) atoms. The molecular weight excluding hydrogens is 705 g/mol. The van der Waals surface area contributed by atoms with Crippen LogP contribution in [0.1, 0.15) is 84.0 Å². The van der Waals surface area contributed by atoms with Gasteiger partial charge < -0.3 is 9.47 Å². The van der Waals surface area contributed by atoms with Crippen molar-refractivity contribution in [3.05, 3.63) is 178 Å². The second kappa shape index (κ2) is 12.1. The van der Waals surface area contributed by atoms with Crippen LogP contribution in [0.4, 0.5) is 17.1 Å². The first-order chi connectivity index (χ1) is 28.3. The topological polar surface area (TPSA) is 26.0 Å². The maximum atomic E-state index is 5.72. The summed E-state index contributed by atoms with van der Waals surface area (Å²) < 4.78 is 5.00. The number of benzene rings is 7. The van der Waals surface area contributed by atoms with Gasteiger partial charge in [-0.05, 0) is 132 Å². The second-order valence-corrected chi connectivity index (χ2v) is 17.9. The van der Waals surface area contributed by atoms with Crippen molar-refractivity contribution in [3.8, 4) is 22.8 Å². The smallest absolute Gasteiger partial charge is 0.146 e. The summed E-state index contributed by atoms with van der Waals surface area (Å²) in [7, 11) is 0. The molecule has 0 spiro atoms. The number of hydrogen-bond donors (Lipinski definition) is 0. The number of fused-ring (bicyclic) bond motifs is 9. The Hall–Kier alpha value is -6.39. The molecule has 12 rings (SSSR count). The number of aryl methyl sites for hydroxylation is 4. The fraction of sp³-hybridized carbons (Fsp3) is 0.204. The second-order valence-electron chi connectivity index (χ2n) is 17.9. The molecule has 0 amide bonds. The number of hydrogen-bond acceptors (Lipinski definition) is 2. The maximum absolute atomic E-state index is 5.72. The Morgan fingerprint density at radius 2 is 1.24 bits per heavy atom. The minimum absolute atomic E-state index is 0.0544. The fourth-order valence-corrected chi connectivity index (χ4v) is 10.8. The van der Waals surface area contributed by atoms with Crippen molar-refractivity contribution in [3.63, 3.8) is 0 Å². The molecule has 4 heteroatoms. The fourth-order valence-electron chi connectivity index (χ4n) is 10.8. The van der Waals surface area contributed by atoms with Gasteiger partial charge in [0.25, 0.3) is 0 Å². The van der Waals surface area contributed by atoms with Crippen LogP contribution in [-0.2, 0) is 18.3 Å². The molecule has 282 valence electrons. The van der Waals surface area contributed by atoms with Crippen LogP contribution in [0.5, 0.6) is 0 Å². The SMILES string of the molecule is Cc1cccc(C)c1-c1nc2c3c(cc4c2n1-c1cccc2c1C4c1ccc(-n4c5ccccc5c5ccccc54)cc1N2c1ccc(C(C)(C)C)cc1)CCCC3. The molecular formula is C54H46N4. The van der Waals surface area contributed by atoms with E-state index in [9.17, 15) is 0 Å². The third-order valence-corrected chi connectivity index (χ3v) is 13.5.